The third-order valence-electron chi connectivity index (χ3n) is 6.06. The molecule has 32 heavy (non-hydrogen) atoms. The maximum Gasteiger partial charge on any atom is 0.221 e. The number of carbonyl (C=O) groups excluding carboxylic acids is 1. The van der Waals surface area contributed by atoms with E-state index in [-0.39, 0.29) is 23.5 Å². The maximum atomic E-state index is 11.4. The van der Waals surface area contributed by atoms with Crippen molar-refractivity contribution in [3.63, 3.8) is 0 Å². The molecule has 3 aromatic carbocycles. The van der Waals surface area contributed by atoms with Crippen LogP contribution in [0.2, 0.25) is 0 Å². The molecule has 1 amide bonds. The van der Waals surface area contributed by atoms with Crippen LogP contribution in [-0.2, 0) is 4.79 Å². The number of H-pyrrole nitrogens is 1. The summed E-state index contributed by atoms with van der Waals surface area (Å²) >= 11 is 0. The second kappa shape index (κ2) is 7.96. The summed E-state index contributed by atoms with van der Waals surface area (Å²) in [4.78, 5) is 14.8. The SMILES string of the molecule is COc1ccc2[nH]cc(C3COc4cc(O)ccc4C3c3ccc(NC(C)=O)cc3)c2c1. The number of hydrogen-bond donors (Lipinski definition) is 3. The molecule has 5 rings (SSSR count). The van der Waals surface area contributed by atoms with Crippen molar-refractivity contribution in [2.24, 2.45) is 0 Å². The topological polar surface area (TPSA) is 83.6 Å². The molecule has 3 N–H and O–H groups in total. The van der Waals surface area contributed by atoms with Gasteiger partial charge in [0.25, 0.3) is 0 Å². The summed E-state index contributed by atoms with van der Waals surface area (Å²) in [5.41, 5.74) is 5.07. The molecule has 0 fully saturated rings. The Morgan fingerprint density at radius 2 is 1.91 bits per heavy atom. The Hall–Kier alpha value is -3.93. The van der Waals surface area contributed by atoms with Crippen LogP contribution < -0.4 is 14.8 Å². The van der Waals surface area contributed by atoms with E-state index < -0.39 is 0 Å². The second-order valence-electron chi connectivity index (χ2n) is 8.08. The number of amides is 1. The standard InChI is InChI=1S/C26H24N2O4/c1-15(29)28-17-5-3-16(4-6-17)26-20-9-7-18(30)11-25(20)32-14-23(26)22-13-27-24-10-8-19(31-2)12-21(22)24/h3-13,23,26-27,30H,14H2,1-2H3,(H,28,29). The summed E-state index contributed by atoms with van der Waals surface area (Å²) < 4.78 is 11.6. The van der Waals surface area contributed by atoms with E-state index in [4.69, 9.17) is 9.47 Å². The Kier molecular flexibility index (Phi) is 4.98. The minimum Gasteiger partial charge on any atom is -0.508 e. The highest BCUT2D eigenvalue weighted by Gasteiger charge is 2.35. The molecule has 162 valence electrons. The van der Waals surface area contributed by atoms with E-state index in [1.165, 1.54) is 6.92 Å². The molecule has 6 nitrogen and oxygen atoms in total. The molecule has 1 aliphatic heterocycles. The summed E-state index contributed by atoms with van der Waals surface area (Å²) in [6.07, 6.45) is 2.04. The fourth-order valence-electron chi connectivity index (χ4n) is 4.61. The maximum absolute atomic E-state index is 11.4. The molecule has 0 bridgehead atoms. The summed E-state index contributed by atoms with van der Waals surface area (Å²) in [5.74, 6) is 1.62. The normalized spacial score (nSPS) is 17.4. The minimum absolute atomic E-state index is 0.0101. The Bertz CT molecular complexity index is 1290. The molecule has 2 heterocycles. The zero-order chi connectivity index (χ0) is 22.2. The van der Waals surface area contributed by atoms with Gasteiger partial charge in [-0.3, -0.25) is 4.79 Å². The highest BCUT2D eigenvalue weighted by molar-refractivity contribution is 5.88. The van der Waals surface area contributed by atoms with Gasteiger partial charge in [-0.25, -0.2) is 0 Å². The van der Waals surface area contributed by atoms with Gasteiger partial charge in [-0.05, 0) is 47.5 Å². The molecule has 2 atom stereocenters. The molecular weight excluding hydrogens is 404 g/mol. The van der Waals surface area contributed by atoms with Gasteiger partial charge >= 0.3 is 0 Å². The predicted molar refractivity (Wildman–Crippen MR) is 124 cm³/mol. The number of carbonyl (C=O) groups is 1. The molecule has 1 aromatic heterocycles. The van der Waals surface area contributed by atoms with E-state index >= 15 is 0 Å². The summed E-state index contributed by atoms with van der Waals surface area (Å²) in [5, 5.41) is 13.9. The van der Waals surface area contributed by atoms with Crippen molar-refractivity contribution in [3.05, 3.63) is 83.6 Å². The fraction of sp³-hybridized carbons (Fsp3) is 0.192. The van der Waals surface area contributed by atoms with Gasteiger partial charge in [0.1, 0.15) is 17.2 Å². The van der Waals surface area contributed by atoms with Crippen molar-refractivity contribution < 1.29 is 19.4 Å². The van der Waals surface area contributed by atoms with Crippen LogP contribution in [-0.4, -0.2) is 29.7 Å². The number of phenolic OH excluding ortho intramolecular Hbond substituents is 1. The number of ether oxygens (including phenoxy) is 2. The molecular formula is C26H24N2O4. The highest BCUT2D eigenvalue weighted by atomic mass is 16.5. The number of anilines is 1. The lowest BCUT2D eigenvalue weighted by Gasteiger charge is -2.34. The smallest absolute Gasteiger partial charge is 0.221 e. The number of aromatic nitrogens is 1. The number of aromatic amines is 1. The van der Waals surface area contributed by atoms with Gasteiger partial charge in [-0.15, -0.1) is 0 Å². The van der Waals surface area contributed by atoms with E-state index in [2.05, 4.69) is 10.3 Å². The summed E-state index contributed by atoms with van der Waals surface area (Å²) in [6, 6.07) is 19.2. The van der Waals surface area contributed by atoms with Crippen molar-refractivity contribution in [3.8, 4) is 17.2 Å². The van der Waals surface area contributed by atoms with E-state index in [1.54, 1.807) is 19.2 Å². The number of fused-ring (bicyclic) bond motifs is 2. The zero-order valence-corrected chi connectivity index (χ0v) is 17.9. The third-order valence-corrected chi connectivity index (χ3v) is 6.06. The van der Waals surface area contributed by atoms with Gasteiger partial charge in [0.2, 0.25) is 5.91 Å². The fourth-order valence-corrected chi connectivity index (χ4v) is 4.61. The molecule has 2 unspecified atom stereocenters. The summed E-state index contributed by atoms with van der Waals surface area (Å²) in [6.45, 7) is 1.97. The number of hydrogen-bond acceptors (Lipinski definition) is 4. The van der Waals surface area contributed by atoms with Crippen molar-refractivity contribution in [2.75, 3.05) is 19.0 Å². The van der Waals surface area contributed by atoms with Crippen LogP contribution in [0, 0.1) is 0 Å². The third kappa shape index (κ3) is 3.54. The van der Waals surface area contributed by atoms with E-state index in [9.17, 15) is 9.90 Å². The van der Waals surface area contributed by atoms with Crippen LogP contribution in [0.5, 0.6) is 17.2 Å². The number of benzene rings is 3. The Morgan fingerprint density at radius 3 is 2.66 bits per heavy atom. The quantitative estimate of drug-likeness (QED) is 0.420. The first-order chi connectivity index (χ1) is 15.5. The van der Waals surface area contributed by atoms with Crippen LogP contribution in [0.4, 0.5) is 5.69 Å². The minimum atomic E-state index is -0.102. The first-order valence-electron chi connectivity index (χ1n) is 10.5. The molecule has 0 radical (unpaired) electrons. The van der Waals surface area contributed by atoms with Crippen molar-refractivity contribution in [1.82, 2.24) is 4.98 Å². The van der Waals surface area contributed by atoms with Gasteiger partial charge in [-0.2, -0.15) is 0 Å². The van der Waals surface area contributed by atoms with Gasteiger partial charge in [0, 0.05) is 53.2 Å². The van der Waals surface area contributed by atoms with Crippen molar-refractivity contribution in [2.45, 2.75) is 18.8 Å². The Labute approximate surface area is 185 Å². The number of phenols is 1. The predicted octanol–water partition coefficient (Wildman–Crippen LogP) is 5.15. The van der Waals surface area contributed by atoms with Crippen LogP contribution >= 0.6 is 0 Å². The van der Waals surface area contributed by atoms with Crippen molar-refractivity contribution >= 4 is 22.5 Å². The zero-order valence-electron chi connectivity index (χ0n) is 17.9. The molecule has 1 aliphatic rings. The molecule has 0 saturated carbocycles. The van der Waals surface area contributed by atoms with Crippen LogP contribution in [0.1, 0.15) is 35.4 Å². The Morgan fingerprint density at radius 1 is 1.09 bits per heavy atom. The average Bonchev–Trinajstić information content (AvgIpc) is 3.21. The van der Waals surface area contributed by atoms with E-state index in [0.29, 0.717) is 12.4 Å². The first kappa shape index (κ1) is 20.0. The number of aromatic hydroxyl groups is 1. The molecule has 4 aromatic rings. The lowest BCUT2D eigenvalue weighted by atomic mass is 9.75. The van der Waals surface area contributed by atoms with E-state index in [0.717, 1.165) is 39.0 Å². The lowest BCUT2D eigenvalue weighted by Crippen LogP contribution is -2.25. The summed E-state index contributed by atoms with van der Waals surface area (Å²) in [7, 11) is 1.67. The highest BCUT2D eigenvalue weighted by Crippen LogP contribution is 2.48. The largest absolute Gasteiger partial charge is 0.508 e. The van der Waals surface area contributed by atoms with Crippen LogP contribution in [0.3, 0.4) is 0 Å². The average molecular weight is 428 g/mol. The molecule has 0 spiro atoms. The second-order valence-corrected chi connectivity index (χ2v) is 8.08. The van der Waals surface area contributed by atoms with Gasteiger partial charge in [-0.1, -0.05) is 18.2 Å². The molecule has 0 aliphatic carbocycles. The Balaban J connectivity index is 1.63. The van der Waals surface area contributed by atoms with Gasteiger partial charge in [0.05, 0.1) is 13.7 Å². The lowest BCUT2D eigenvalue weighted by molar-refractivity contribution is -0.114. The first-order valence-corrected chi connectivity index (χ1v) is 10.5. The number of nitrogens with one attached hydrogen (secondary N) is 2. The van der Waals surface area contributed by atoms with Gasteiger partial charge < -0.3 is 24.9 Å². The van der Waals surface area contributed by atoms with E-state index in [1.807, 2.05) is 54.7 Å². The van der Waals surface area contributed by atoms with Crippen LogP contribution in [0.15, 0.2) is 66.9 Å². The number of rotatable bonds is 4. The number of methoxy groups -OCH3 is 1. The van der Waals surface area contributed by atoms with Crippen LogP contribution in [0.25, 0.3) is 10.9 Å². The van der Waals surface area contributed by atoms with Crippen molar-refractivity contribution in [1.29, 1.82) is 0 Å². The molecule has 6 heteroatoms. The molecule has 0 saturated heterocycles. The van der Waals surface area contributed by atoms with Gasteiger partial charge in [0.15, 0.2) is 0 Å². The monoisotopic (exact) mass is 428 g/mol.